The molecule has 0 aliphatic heterocycles. The third-order valence-corrected chi connectivity index (χ3v) is 3.41. The predicted octanol–water partition coefficient (Wildman–Crippen LogP) is 3.47. The Morgan fingerprint density at radius 3 is 2.57 bits per heavy atom. The number of carbonyl (C=O) groups is 1. The maximum Gasteiger partial charge on any atom is 0.407 e. The smallest absolute Gasteiger partial charge is 0.407 e. The number of alkyl carbamates (subject to hydrolysis) is 1. The van der Waals surface area contributed by atoms with Crippen molar-refractivity contribution in [2.75, 3.05) is 0 Å². The van der Waals surface area contributed by atoms with Gasteiger partial charge in [-0.15, -0.1) is 0 Å². The normalized spacial score (nSPS) is 14.4. The van der Waals surface area contributed by atoms with Crippen LogP contribution in [-0.2, 0) is 11.2 Å². The van der Waals surface area contributed by atoms with Gasteiger partial charge in [-0.05, 0) is 51.8 Å². The van der Waals surface area contributed by atoms with Crippen molar-refractivity contribution in [1.82, 2.24) is 5.32 Å². The third kappa shape index (κ3) is 6.36. The summed E-state index contributed by atoms with van der Waals surface area (Å²) in [4.78, 5) is 11.7. The molecule has 0 saturated heterocycles. The summed E-state index contributed by atoms with van der Waals surface area (Å²) in [5.74, 6) is 0. The topological polar surface area (TPSA) is 58.6 Å². The van der Waals surface area contributed by atoms with Crippen LogP contribution in [0.3, 0.4) is 0 Å². The quantitative estimate of drug-likeness (QED) is 0.895. The van der Waals surface area contributed by atoms with E-state index in [-0.39, 0.29) is 0 Å². The van der Waals surface area contributed by atoms with E-state index in [2.05, 4.69) is 5.32 Å². The number of hydrogen-bond acceptors (Lipinski definition) is 3. The van der Waals surface area contributed by atoms with Gasteiger partial charge in [-0.2, -0.15) is 0 Å². The van der Waals surface area contributed by atoms with Gasteiger partial charge in [0.1, 0.15) is 5.60 Å². The molecule has 0 heterocycles. The van der Waals surface area contributed by atoms with Gasteiger partial charge in [0.05, 0.1) is 12.1 Å². The molecule has 0 bridgehead atoms. The molecule has 0 aliphatic rings. The van der Waals surface area contributed by atoms with Gasteiger partial charge in [0, 0.05) is 11.4 Å². The average molecular weight is 314 g/mol. The summed E-state index contributed by atoms with van der Waals surface area (Å²) in [6.45, 7) is 9.05. The maximum absolute atomic E-state index is 11.7. The molecule has 0 aliphatic carbocycles. The molecule has 4 nitrogen and oxygen atoms in total. The van der Waals surface area contributed by atoms with Gasteiger partial charge < -0.3 is 15.2 Å². The van der Waals surface area contributed by atoms with E-state index >= 15 is 0 Å². The Bertz CT molecular complexity index is 497. The Labute approximate surface area is 131 Å². The number of aryl methyl sites for hydroxylation is 1. The highest BCUT2D eigenvalue weighted by Crippen LogP contribution is 2.18. The highest BCUT2D eigenvalue weighted by Gasteiger charge is 2.21. The molecule has 1 aromatic carbocycles. The third-order valence-electron chi connectivity index (χ3n) is 2.99. The number of nitrogens with one attached hydrogen (secondary N) is 1. The van der Waals surface area contributed by atoms with Gasteiger partial charge in [-0.1, -0.05) is 23.7 Å². The van der Waals surface area contributed by atoms with Gasteiger partial charge >= 0.3 is 6.09 Å². The number of benzene rings is 1. The maximum atomic E-state index is 11.7. The molecule has 1 rings (SSSR count). The summed E-state index contributed by atoms with van der Waals surface area (Å²) in [6, 6.07) is 5.21. The fourth-order valence-electron chi connectivity index (χ4n) is 1.84. The van der Waals surface area contributed by atoms with Crippen LogP contribution < -0.4 is 5.32 Å². The molecule has 0 saturated carbocycles. The lowest BCUT2D eigenvalue weighted by molar-refractivity contribution is 0.0436. The molecular formula is C16H24ClNO3. The van der Waals surface area contributed by atoms with Crippen LogP contribution >= 0.6 is 11.6 Å². The number of hydrogen-bond donors (Lipinski definition) is 2. The number of aliphatic hydroxyl groups is 1. The van der Waals surface area contributed by atoms with Crippen LogP contribution in [0.4, 0.5) is 4.79 Å². The summed E-state index contributed by atoms with van der Waals surface area (Å²) in [5, 5.41) is 13.5. The number of rotatable bonds is 4. The van der Waals surface area contributed by atoms with E-state index in [4.69, 9.17) is 16.3 Å². The number of aliphatic hydroxyl groups excluding tert-OH is 1. The lowest BCUT2D eigenvalue weighted by Crippen LogP contribution is -2.44. The second-order valence-electron chi connectivity index (χ2n) is 6.29. The standard InChI is InChI=1S/C16H24ClNO3/c1-10-8-12(6-7-13(10)17)9-14(19)11(2)18-15(20)21-16(3,4)5/h6-8,11,14,19H,9H2,1-5H3,(H,18,20)/t11-,14?/m1/s1. The first-order valence-electron chi connectivity index (χ1n) is 7.01. The van der Waals surface area contributed by atoms with Crippen molar-refractivity contribution in [3.63, 3.8) is 0 Å². The number of amides is 1. The van der Waals surface area contributed by atoms with Crippen LogP contribution in [0.1, 0.15) is 38.8 Å². The monoisotopic (exact) mass is 313 g/mol. The van der Waals surface area contributed by atoms with E-state index in [1.54, 1.807) is 27.7 Å². The van der Waals surface area contributed by atoms with Crippen molar-refractivity contribution < 1.29 is 14.6 Å². The molecule has 0 fully saturated rings. The molecule has 1 amide bonds. The lowest BCUT2D eigenvalue weighted by atomic mass is 10.0. The Kier molecular flexibility index (Phi) is 6.05. The summed E-state index contributed by atoms with van der Waals surface area (Å²) < 4.78 is 5.16. The van der Waals surface area contributed by atoms with E-state index in [0.717, 1.165) is 11.1 Å². The fourth-order valence-corrected chi connectivity index (χ4v) is 1.96. The largest absolute Gasteiger partial charge is 0.444 e. The SMILES string of the molecule is Cc1cc(CC(O)[C@@H](C)NC(=O)OC(C)(C)C)ccc1Cl. The molecule has 0 radical (unpaired) electrons. The first kappa shape index (κ1) is 17.8. The van der Waals surface area contributed by atoms with E-state index in [9.17, 15) is 9.90 Å². The Morgan fingerprint density at radius 1 is 1.43 bits per heavy atom. The van der Waals surface area contributed by atoms with E-state index in [0.29, 0.717) is 11.4 Å². The summed E-state index contributed by atoms with van der Waals surface area (Å²) >= 11 is 5.97. The molecule has 2 atom stereocenters. The van der Waals surface area contributed by atoms with Crippen molar-refractivity contribution in [1.29, 1.82) is 0 Å². The van der Waals surface area contributed by atoms with Crippen molar-refractivity contribution in [3.8, 4) is 0 Å². The Morgan fingerprint density at radius 2 is 2.05 bits per heavy atom. The number of halogens is 1. The van der Waals surface area contributed by atoms with Gasteiger partial charge in [-0.3, -0.25) is 0 Å². The van der Waals surface area contributed by atoms with Gasteiger partial charge in [0.2, 0.25) is 0 Å². The fraction of sp³-hybridized carbons (Fsp3) is 0.562. The molecular weight excluding hydrogens is 290 g/mol. The highest BCUT2D eigenvalue weighted by atomic mass is 35.5. The van der Waals surface area contributed by atoms with Crippen molar-refractivity contribution in [2.24, 2.45) is 0 Å². The lowest BCUT2D eigenvalue weighted by Gasteiger charge is -2.24. The van der Waals surface area contributed by atoms with E-state index in [1.165, 1.54) is 0 Å². The zero-order chi connectivity index (χ0) is 16.2. The van der Waals surface area contributed by atoms with Gasteiger partial charge in [-0.25, -0.2) is 4.79 Å². The van der Waals surface area contributed by atoms with Crippen LogP contribution in [0.25, 0.3) is 0 Å². The van der Waals surface area contributed by atoms with E-state index in [1.807, 2.05) is 25.1 Å². The summed E-state index contributed by atoms with van der Waals surface area (Å²) in [6.07, 6.45) is -0.783. The number of ether oxygens (including phenoxy) is 1. The van der Waals surface area contributed by atoms with Crippen LogP contribution in [0.15, 0.2) is 18.2 Å². The molecule has 1 unspecified atom stereocenters. The minimum atomic E-state index is -0.696. The van der Waals surface area contributed by atoms with Crippen molar-refractivity contribution in [3.05, 3.63) is 34.3 Å². The Hall–Kier alpha value is -1.26. The minimum absolute atomic E-state index is 0.407. The van der Waals surface area contributed by atoms with Crippen LogP contribution in [0.2, 0.25) is 5.02 Å². The second kappa shape index (κ2) is 7.14. The van der Waals surface area contributed by atoms with Gasteiger partial charge in [0.25, 0.3) is 0 Å². The predicted molar refractivity (Wildman–Crippen MR) is 84.7 cm³/mol. The first-order chi connectivity index (χ1) is 9.58. The molecule has 5 heteroatoms. The molecule has 2 N–H and O–H groups in total. The van der Waals surface area contributed by atoms with Crippen molar-refractivity contribution in [2.45, 2.75) is 58.8 Å². The molecule has 118 valence electrons. The average Bonchev–Trinajstić information content (AvgIpc) is 2.31. The Balaban J connectivity index is 2.56. The summed E-state index contributed by atoms with van der Waals surface area (Å²) in [7, 11) is 0. The van der Waals surface area contributed by atoms with Crippen molar-refractivity contribution >= 4 is 17.7 Å². The molecule has 0 aromatic heterocycles. The van der Waals surface area contributed by atoms with Crippen LogP contribution in [0.5, 0.6) is 0 Å². The van der Waals surface area contributed by atoms with E-state index < -0.39 is 23.8 Å². The molecule has 0 spiro atoms. The molecule has 1 aromatic rings. The van der Waals surface area contributed by atoms with Crippen LogP contribution in [-0.4, -0.2) is 28.9 Å². The number of carbonyl (C=O) groups excluding carboxylic acids is 1. The second-order valence-corrected chi connectivity index (χ2v) is 6.70. The van der Waals surface area contributed by atoms with Crippen LogP contribution in [0, 0.1) is 6.92 Å². The highest BCUT2D eigenvalue weighted by molar-refractivity contribution is 6.31. The molecule has 21 heavy (non-hydrogen) atoms. The zero-order valence-electron chi connectivity index (χ0n) is 13.2. The summed E-state index contributed by atoms with van der Waals surface area (Å²) in [5.41, 5.74) is 1.39. The zero-order valence-corrected chi connectivity index (χ0v) is 14.0. The first-order valence-corrected chi connectivity index (χ1v) is 7.39. The minimum Gasteiger partial charge on any atom is -0.444 e. The van der Waals surface area contributed by atoms with Gasteiger partial charge in [0.15, 0.2) is 0 Å².